The first-order chi connectivity index (χ1) is 8.72. The SMILES string of the molecule is CNc1ncc(C)c(Oc2ccc(OC)cc2)n1. The van der Waals surface area contributed by atoms with Crippen molar-refractivity contribution in [2.75, 3.05) is 19.5 Å². The second-order valence-electron chi connectivity index (χ2n) is 3.71. The first-order valence-electron chi connectivity index (χ1n) is 5.56. The molecule has 0 amide bonds. The van der Waals surface area contributed by atoms with Gasteiger partial charge in [-0.05, 0) is 31.2 Å². The van der Waals surface area contributed by atoms with Gasteiger partial charge in [0, 0.05) is 18.8 Å². The van der Waals surface area contributed by atoms with Gasteiger partial charge in [-0.15, -0.1) is 0 Å². The van der Waals surface area contributed by atoms with Gasteiger partial charge in [0.2, 0.25) is 11.8 Å². The van der Waals surface area contributed by atoms with Crippen LogP contribution in [0.2, 0.25) is 0 Å². The van der Waals surface area contributed by atoms with Crippen LogP contribution in [0.15, 0.2) is 30.5 Å². The number of anilines is 1. The molecule has 0 unspecified atom stereocenters. The van der Waals surface area contributed by atoms with Crippen molar-refractivity contribution in [3.05, 3.63) is 36.0 Å². The van der Waals surface area contributed by atoms with Gasteiger partial charge in [-0.1, -0.05) is 0 Å². The zero-order valence-corrected chi connectivity index (χ0v) is 10.6. The largest absolute Gasteiger partial charge is 0.497 e. The van der Waals surface area contributed by atoms with Crippen molar-refractivity contribution >= 4 is 5.95 Å². The summed E-state index contributed by atoms with van der Waals surface area (Å²) >= 11 is 0. The van der Waals surface area contributed by atoms with Gasteiger partial charge in [-0.3, -0.25) is 0 Å². The first-order valence-corrected chi connectivity index (χ1v) is 5.56. The van der Waals surface area contributed by atoms with Crippen LogP contribution in [0.3, 0.4) is 0 Å². The van der Waals surface area contributed by atoms with E-state index in [0.717, 1.165) is 11.3 Å². The molecule has 0 aliphatic carbocycles. The van der Waals surface area contributed by atoms with Crippen molar-refractivity contribution in [2.45, 2.75) is 6.92 Å². The summed E-state index contributed by atoms with van der Waals surface area (Å²) in [6, 6.07) is 7.34. The predicted octanol–water partition coefficient (Wildman–Crippen LogP) is 2.63. The Morgan fingerprint density at radius 2 is 1.78 bits per heavy atom. The van der Waals surface area contributed by atoms with Crippen LogP contribution >= 0.6 is 0 Å². The molecule has 0 atom stereocenters. The Kier molecular flexibility index (Phi) is 3.62. The molecule has 1 aromatic carbocycles. The number of benzene rings is 1. The minimum absolute atomic E-state index is 0.532. The Bertz CT molecular complexity index is 526. The van der Waals surface area contributed by atoms with Gasteiger partial charge >= 0.3 is 0 Å². The average molecular weight is 245 g/mol. The van der Waals surface area contributed by atoms with Crippen LogP contribution in [0, 0.1) is 6.92 Å². The van der Waals surface area contributed by atoms with E-state index < -0.39 is 0 Å². The van der Waals surface area contributed by atoms with Crippen LogP contribution in [0.4, 0.5) is 5.95 Å². The summed E-state index contributed by atoms with van der Waals surface area (Å²) in [4.78, 5) is 8.36. The van der Waals surface area contributed by atoms with E-state index in [-0.39, 0.29) is 0 Å². The monoisotopic (exact) mass is 245 g/mol. The fraction of sp³-hybridized carbons (Fsp3) is 0.231. The lowest BCUT2D eigenvalue weighted by Gasteiger charge is -2.09. The minimum Gasteiger partial charge on any atom is -0.497 e. The lowest BCUT2D eigenvalue weighted by molar-refractivity contribution is 0.412. The van der Waals surface area contributed by atoms with Gasteiger partial charge < -0.3 is 14.8 Å². The van der Waals surface area contributed by atoms with Crippen molar-refractivity contribution in [3.8, 4) is 17.4 Å². The number of rotatable bonds is 4. The summed E-state index contributed by atoms with van der Waals surface area (Å²) < 4.78 is 10.8. The molecule has 0 saturated heterocycles. The Morgan fingerprint density at radius 3 is 2.39 bits per heavy atom. The molecule has 0 radical (unpaired) electrons. The minimum atomic E-state index is 0.532. The maximum Gasteiger partial charge on any atom is 0.226 e. The Labute approximate surface area is 106 Å². The van der Waals surface area contributed by atoms with Crippen molar-refractivity contribution in [3.63, 3.8) is 0 Å². The van der Waals surface area contributed by atoms with Crippen molar-refractivity contribution in [2.24, 2.45) is 0 Å². The van der Waals surface area contributed by atoms with Gasteiger partial charge in [-0.2, -0.15) is 4.98 Å². The van der Waals surface area contributed by atoms with Crippen molar-refractivity contribution in [1.82, 2.24) is 9.97 Å². The third-order valence-electron chi connectivity index (χ3n) is 2.42. The second kappa shape index (κ2) is 5.35. The lowest BCUT2D eigenvalue weighted by atomic mass is 10.3. The molecule has 1 aromatic heterocycles. The van der Waals surface area contributed by atoms with Crippen LogP contribution in [-0.4, -0.2) is 24.1 Å². The van der Waals surface area contributed by atoms with Gasteiger partial charge in [0.1, 0.15) is 11.5 Å². The van der Waals surface area contributed by atoms with E-state index in [1.165, 1.54) is 0 Å². The molecule has 0 aliphatic heterocycles. The summed E-state index contributed by atoms with van der Waals surface area (Å²) in [6.45, 7) is 1.90. The highest BCUT2D eigenvalue weighted by Gasteiger charge is 2.05. The van der Waals surface area contributed by atoms with Crippen LogP contribution in [-0.2, 0) is 0 Å². The van der Waals surface area contributed by atoms with E-state index in [0.29, 0.717) is 17.6 Å². The molecule has 2 aromatic rings. The summed E-state index contributed by atoms with van der Waals surface area (Å²) in [5.74, 6) is 2.57. The van der Waals surface area contributed by atoms with E-state index >= 15 is 0 Å². The fourth-order valence-corrected chi connectivity index (χ4v) is 1.41. The third-order valence-corrected chi connectivity index (χ3v) is 2.42. The number of nitrogens with zero attached hydrogens (tertiary/aromatic N) is 2. The average Bonchev–Trinajstić information content (AvgIpc) is 2.42. The molecule has 2 rings (SSSR count). The molecule has 1 heterocycles. The molecule has 0 fully saturated rings. The highest BCUT2D eigenvalue weighted by molar-refractivity contribution is 5.37. The Morgan fingerprint density at radius 1 is 1.11 bits per heavy atom. The Hall–Kier alpha value is -2.30. The molecule has 94 valence electrons. The molecule has 0 spiro atoms. The van der Waals surface area contributed by atoms with Crippen LogP contribution in [0.25, 0.3) is 0 Å². The van der Waals surface area contributed by atoms with Crippen LogP contribution in [0.1, 0.15) is 5.56 Å². The number of nitrogens with one attached hydrogen (secondary N) is 1. The number of hydrogen-bond donors (Lipinski definition) is 1. The van der Waals surface area contributed by atoms with Crippen LogP contribution in [0.5, 0.6) is 17.4 Å². The molecule has 0 saturated carbocycles. The summed E-state index contributed by atoms with van der Waals surface area (Å²) in [5.41, 5.74) is 0.879. The molecule has 1 N–H and O–H groups in total. The van der Waals surface area contributed by atoms with E-state index in [2.05, 4.69) is 15.3 Å². The second-order valence-corrected chi connectivity index (χ2v) is 3.71. The van der Waals surface area contributed by atoms with Gasteiger partial charge in [0.25, 0.3) is 0 Å². The Balaban J connectivity index is 2.21. The summed E-state index contributed by atoms with van der Waals surface area (Å²) in [6.07, 6.45) is 1.72. The number of aryl methyl sites for hydroxylation is 1. The molecule has 18 heavy (non-hydrogen) atoms. The standard InChI is InChI=1S/C13H15N3O2/c1-9-8-15-13(14-2)16-12(9)18-11-6-4-10(17-3)5-7-11/h4-8H,1-3H3,(H,14,15,16). The summed E-state index contributed by atoms with van der Waals surface area (Å²) in [5, 5.41) is 2.88. The quantitative estimate of drug-likeness (QED) is 0.897. The van der Waals surface area contributed by atoms with E-state index in [1.54, 1.807) is 20.4 Å². The van der Waals surface area contributed by atoms with E-state index in [1.807, 2.05) is 31.2 Å². The smallest absolute Gasteiger partial charge is 0.226 e. The molecular weight excluding hydrogens is 230 g/mol. The van der Waals surface area contributed by atoms with E-state index in [9.17, 15) is 0 Å². The highest BCUT2D eigenvalue weighted by Crippen LogP contribution is 2.25. The maximum absolute atomic E-state index is 5.70. The molecule has 0 bridgehead atoms. The van der Waals surface area contributed by atoms with Gasteiger partial charge in [0.15, 0.2) is 0 Å². The van der Waals surface area contributed by atoms with E-state index in [4.69, 9.17) is 9.47 Å². The molecule has 0 aliphatic rings. The third kappa shape index (κ3) is 2.68. The maximum atomic E-state index is 5.70. The number of aromatic nitrogens is 2. The van der Waals surface area contributed by atoms with Crippen molar-refractivity contribution < 1.29 is 9.47 Å². The lowest BCUT2D eigenvalue weighted by Crippen LogP contribution is -1.99. The first kappa shape index (κ1) is 12.2. The number of methoxy groups -OCH3 is 1. The van der Waals surface area contributed by atoms with Crippen molar-refractivity contribution in [1.29, 1.82) is 0 Å². The number of ether oxygens (including phenoxy) is 2. The normalized spacial score (nSPS) is 9.94. The summed E-state index contributed by atoms with van der Waals surface area (Å²) in [7, 11) is 3.39. The highest BCUT2D eigenvalue weighted by atomic mass is 16.5. The fourth-order valence-electron chi connectivity index (χ4n) is 1.41. The molecule has 5 heteroatoms. The predicted molar refractivity (Wildman–Crippen MR) is 69.4 cm³/mol. The zero-order valence-electron chi connectivity index (χ0n) is 10.6. The van der Waals surface area contributed by atoms with Gasteiger partial charge in [0.05, 0.1) is 7.11 Å². The zero-order chi connectivity index (χ0) is 13.0. The van der Waals surface area contributed by atoms with Gasteiger partial charge in [-0.25, -0.2) is 4.98 Å². The van der Waals surface area contributed by atoms with Crippen LogP contribution < -0.4 is 14.8 Å². The molecule has 5 nitrogen and oxygen atoms in total. The number of hydrogen-bond acceptors (Lipinski definition) is 5. The topological polar surface area (TPSA) is 56.3 Å². The molecular formula is C13H15N3O2.